The molecule has 3 rings (SSSR count). The normalized spacial score (nSPS) is 11.1. The number of benzene rings is 1. The Hall–Kier alpha value is -5.08. The quantitative estimate of drug-likeness (QED) is 0.182. The van der Waals surface area contributed by atoms with Crippen LogP contribution in [0.3, 0.4) is 0 Å². The van der Waals surface area contributed by atoms with Crippen LogP contribution in [0.15, 0.2) is 35.3 Å². The molecule has 1 amide bonds. The van der Waals surface area contributed by atoms with Crippen LogP contribution in [-0.2, 0) is 20.9 Å². The number of nitrogens with two attached hydrogens (primary N) is 1. The van der Waals surface area contributed by atoms with Crippen LogP contribution in [0.25, 0.3) is 11.2 Å². The predicted molar refractivity (Wildman–Crippen MR) is 134 cm³/mol. The van der Waals surface area contributed by atoms with Gasteiger partial charge in [0, 0.05) is 24.1 Å². The summed E-state index contributed by atoms with van der Waals surface area (Å²) in [7, 11) is 0. The van der Waals surface area contributed by atoms with Crippen molar-refractivity contribution >= 4 is 46.6 Å². The van der Waals surface area contributed by atoms with Gasteiger partial charge in [-0.25, -0.2) is 14.8 Å². The van der Waals surface area contributed by atoms with Gasteiger partial charge >= 0.3 is 17.9 Å². The van der Waals surface area contributed by atoms with Crippen molar-refractivity contribution in [3.8, 4) is 0 Å². The van der Waals surface area contributed by atoms with Gasteiger partial charge in [0.25, 0.3) is 11.5 Å². The average molecular weight is 530 g/mol. The molecule has 15 nitrogen and oxygen atoms in total. The zero-order valence-corrected chi connectivity index (χ0v) is 20.3. The van der Waals surface area contributed by atoms with E-state index in [0.717, 1.165) is 6.42 Å². The molecule has 202 valence electrons. The SMILES string of the molecule is CCCC(=O)O.Nc1nc2ncc(CNc3ccc(C(=O)NC(CCC(=O)O)C(=O)O)cc3)nc2c(=O)[nH]1. The third-order valence-corrected chi connectivity index (χ3v) is 4.82. The first-order valence-corrected chi connectivity index (χ1v) is 11.3. The van der Waals surface area contributed by atoms with Crippen LogP contribution in [0.1, 0.15) is 48.7 Å². The summed E-state index contributed by atoms with van der Waals surface area (Å²) >= 11 is 0. The van der Waals surface area contributed by atoms with E-state index in [1.807, 2.05) is 6.92 Å². The topological polar surface area (TPSA) is 251 Å². The maximum atomic E-state index is 12.3. The van der Waals surface area contributed by atoms with Gasteiger partial charge in [-0.2, -0.15) is 4.98 Å². The minimum Gasteiger partial charge on any atom is -0.481 e. The Morgan fingerprint density at radius 2 is 1.68 bits per heavy atom. The first-order valence-electron chi connectivity index (χ1n) is 11.3. The highest BCUT2D eigenvalue weighted by Crippen LogP contribution is 2.12. The second-order valence-corrected chi connectivity index (χ2v) is 7.86. The van der Waals surface area contributed by atoms with Gasteiger partial charge in [-0.3, -0.25) is 24.2 Å². The summed E-state index contributed by atoms with van der Waals surface area (Å²) in [4.78, 5) is 70.2. The highest BCUT2D eigenvalue weighted by atomic mass is 16.4. The summed E-state index contributed by atoms with van der Waals surface area (Å²) in [5.74, 6) is -3.87. The van der Waals surface area contributed by atoms with Crippen LogP contribution in [0, 0.1) is 0 Å². The lowest BCUT2D eigenvalue weighted by Gasteiger charge is -2.14. The summed E-state index contributed by atoms with van der Waals surface area (Å²) in [5, 5.41) is 31.1. The van der Waals surface area contributed by atoms with Gasteiger partial charge in [0.05, 0.1) is 18.4 Å². The van der Waals surface area contributed by atoms with E-state index in [2.05, 4.69) is 30.6 Å². The number of anilines is 2. The number of aromatic amines is 1. The number of carboxylic acids is 3. The summed E-state index contributed by atoms with van der Waals surface area (Å²) in [6.07, 6.45) is 1.86. The van der Waals surface area contributed by atoms with Crippen molar-refractivity contribution < 1.29 is 34.5 Å². The van der Waals surface area contributed by atoms with Crippen molar-refractivity contribution in [2.24, 2.45) is 0 Å². The number of carboxylic acid groups (broad SMARTS) is 3. The molecule has 3 aromatic rings. The predicted octanol–water partition coefficient (Wildman–Crippen LogP) is 0.826. The van der Waals surface area contributed by atoms with Crippen LogP contribution >= 0.6 is 0 Å². The molecule has 1 atom stereocenters. The van der Waals surface area contributed by atoms with E-state index in [1.165, 1.54) is 18.3 Å². The first kappa shape index (κ1) is 29.2. The number of H-pyrrole nitrogens is 1. The number of nitrogen functional groups attached to an aromatic ring is 1. The zero-order chi connectivity index (χ0) is 28.2. The number of amides is 1. The number of hydrogen-bond acceptors (Lipinski definition) is 10. The van der Waals surface area contributed by atoms with Gasteiger partial charge in [0.1, 0.15) is 6.04 Å². The Balaban J connectivity index is 0.000000757. The Bertz CT molecular complexity index is 1360. The molecule has 0 bridgehead atoms. The van der Waals surface area contributed by atoms with Crippen LogP contribution in [-0.4, -0.2) is 65.1 Å². The zero-order valence-electron chi connectivity index (χ0n) is 20.3. The molecule has 0 radical (unpaired) electrons. The Labute approximate surface area is 215 Å². The maximum absolute atomic E-state index is 12.3. The van der Waals surface area contributed by atoms with E-state index in [-0.39, 0.29) is 42.1 Å². The number of carbonyl (C=O) groups is 4. The molecule has 0 fully saturated rings. The minimum absolute atomic E-state index is 0.0524. The lowest BCUT2D eigenvalue weighted by atomic mass is 10.1. The largest absolute Gasteiger partial charge is 0.481 e. The van der Waals surface area contributed by atoms with Crippen LogP contribution in [0.5, 0.6) is 0 Å². The molecule has 8 N–H and O–H groups in total. The van der Waals surface area contributed by atoms with Gasteiger partial charge < -0.3 is 31.7 Å². The smallest absolute Gasteiger partial charge is 0.326 e. The van der Waals surface area contributed by atoms with E-state index in [4.69, 9.17) is 21.1 Å². The van der Waals surface area contributed by atoms with E-state index in [9.17, 15) is 24.0 Å². The fraction of sp³-hybridized carbons (Fsp3) is 0.304. The molecule has 38 heavy (non-hydrogen) atoms. The molecule has 0 aliphatic heterocycles. The van der Waals surface area contributed by atoms with Crippen molar-refractivity contribution in [3.63, 3.8) is 0 Å². The molecular formula is C23H27N7O8. The number of aromatic nitrogens is 4. The molecule has 1 unspecified atom stereocenters. The average Bonchev–Trinajstić information content (AvgIpc) is 2.85. The molecule has 0 saturated carbocycles. The van der Waals surface area contributed by atoms with Gasteiger partial charge in [0.15, 0.2) is 11.2 Å². The van der Waals surface area contributed by atoms with Crippen LogP contribution < -0.4 is 21.9 Å². The lowest BCUT2D eigenvalue weighted by Crippen LogP contribution is -2.41. The molecule has 15 heteroatoms. The standard InChI is InChI=1S/C19H19N7O6.C4H8O2/c20-19-25-15-14(17(30)26-19)23-11(8-22-15)7-21-10-3-1-9(2-4-10)16(29)24-12(18(31)32)5-6-13(27)28;1-2-3-4(5)6/h1-4,8,12,21H,5-7H2,(H,24,29)(H,27,28)(H,31,32)(H3,20,22,25,26,30);2-3H2,1H3,(H,5,6). The molecule has 2 heterocycles. The van der Waals surface area contributed by atoms with E-state index in [0.29, 0.717) is 17.8 Å². The molecule has 0 spiro atoms. The third-order valence-electron chi connectivity index (χ3n) is 4.82. The Kier molecular flexibility index (Phi) is 10.6. The highest BCUT2D eigenvalue weighted by molar-refractivity contribution is 5.96. The summed E-state index contributed by atoms with van der Waals surface area (Å²) in [6.45, 7) is 2.07. The Morgan fingerprint density at radius 3 is 2.24 bits per heavy atom. The fourth-order valence-corrected chi connectivity index (χ4v) is 2.97. The maximum Gasteiger partial charge on any atom is 0.326 e. The molecule has 0 saturated heterocycles. The second-order valence-electron chi connectivity index (χ2n) is 7.86. The molecule has 0 aliphatic carbocycles. The van der Waals surface area contributed by atoms with Crippen molar-refractivity contribution in [1.82, 2.24) is 25.3 Å². The van der Waals surface area contributed by atoms with Crippen LogP contribution in [0.4, 0.5) is 11.6 Å². The van der Waals surface area contributed by atoms with Crippen molar-refractivity contribution in [1.29, 1.82) is 0 Å². The van der Waals surface area contributed by atoms with Gasteiger partial charge in [-0.05, 0) is 37.1 Å². The lowest BCUT2D eigenvalue weighted by molar-refractivity contribution is -0.141. The number of rotatable bonds is 11. The number of nitrogens with one attached hydrogen (secondary N) is 3. The highest BCUT2D eigenvalue weighted by Gasteiger charge is 2.21. The summed E-state index contributed by atoms with van der Waals surface area (Å²) in [5.41, 5.74) is 6.47. The summed E-state index contributed by atoms with van der Waals surface area (Å²) in [6, 6.07) is 4.86. The molecular weight excluding hydrogens is 502 g/mol. The van der Waals surface area contributed by atoms with Crippen molar-refractivity contribution in [3.05, 3.63) is 52.1 Å². The van der Waals surface area contributed by atoms with E-state index >= 15 is 0 Å². The van der Waals surface area contributed by atoms with E-state index in [1.54, 1.807) is 12.1 Å². The molecule has 2 aromatic heterocycles. The first-order chi connectivity index (χ1) is 18.0. The van der Waals surface area contributed by atoms with Gasteiger partial charge in [-0.15, -0.1) is 0 Å². The number of aliphatic carboxylic acids is 3. The number of nitrogens with zero attached hydrogens (tertiary/aromatic N) is 3. The number of carbonyl (C=O) groups excluding carboxylic acids is 1. The molecule has 1 aromatic carbocycles. The van der Waals surface area contributed by atoms with Crippen molar-refractivity contribution in [2.75, 3.05) is 11.1 Å². The summed E-state index contributed by atoms with van der Waals surface area (Å²) < 4.78 is 0. The van der Waals surface area contributed by atoms with Gasteiger partial charge in [0.2, 0.25) is 5.95 Å². The van der Waals surface area contributed by atoms with E-state index < -0.39 is 35.4 Å². The third kappa shape index (κ3) is 9.18. The fourth-order valence-electron chi connectivity index (χ4n) is 2.97. The molecule has 0 aliphatic rings. The van der Waals surface area contributed by atoms with Crippen molar-refractivity contribution in [2.45, 2.75) is 45.2 Å². The minimum atomic E-state index is -1.31. The second kappa shape index (κ2) is 13.9. The monoisotopic (exact) mass is 529 g/mol. The number of fused-ring (bicyclic) bond motifs is 1. The Morgan fingerprint density at radius 1 is 1.03 bits per heavy atom. The number of hydrogen-bond donors (Lipinski definition) is 7. The van der Waals surface area contributed by atoms with Gasteiger partial charge in [-0.1, -0.05) is 6.92 Å². The van der Waals surface area contributed by atoms with Crippen LogP contribution in [0.2, 0.25) is 0 Å².